The Bertz CT molecular complexity index is 258. The zero-order valence-corrected chi connectivity index (χ0v) is 8.97. The molecule has 0 N–H and O–H groups in total. The fraction of sp³-hybridized carbons (Fsp3) is 0.333. The molecule has 0 aliphatic heterocycles. The minimum Gasteiger partial charge on any atom is -0.0842 e. The van der Waals surface area contributed by atoms with Crippen LogP contribution in [0.5, 0.6) is 0 Å². The number of benzene rings is 1. The van der Waals surface area contributed by atoms with E-state index in [1.807, 2.05) is 0 Å². The minimum atomic E-state index is 0.588. The maximum absolute atomic E-state index is 5.94. The molecule has 0 aromatic heterocycles. The molecule has 0 bridgehead atoms. The summed E-state index contributed by atoms with van der Waals surface area (Å²) in [4.78, 5) is 0. The van der Waals surface area contributed by atoms with Gasteiger partial charge in [-0.2, -0.15) is 0 Å². The quantitative estimate of drug-likeness (QED) is 0.687. The lowest BCUT2D eigenvalue weighted by atomic mass is 10.1. The van der Waals surface area contributed by atoms with Crippen molar-refractivity contribution in [3.05, 3.63) is 32.8 Å². The molecule has 0 radical (unpaired) electrons. The third-order valence-electron chi connectivity index (χ3n) is 1.61. The van der Waals surface area contributed by atoms with Gasteiger partial charge in [-0.15, -0.1) is 0 Å². The van der Waals surface area contributed by atoms with E-state index in [-0.39, 0.29) is 0 Å². The first-order chi connectivity index (χ1) is 5.65. The molecule has 12 heavy (non-hydrogen) atoms. The molecule has 0 unspecified atom stereocenters. The minimum absolute atomic E-state index is 0.588. The molecule has 3 heteroatoms. The van der Waals surface area contributed by atoms with Crippen molar-refractivity contribution < 1.29 is 0 Å². The monoisotopic (exact) mass is 222 g/mol. The van der Waals surface area contributed by atoms with Gasteiger partial charge in [-0.05, 0) is 24.1 Å². The largest absolute Gasteiger partial charge is 0.0842 e. The van der Waals surface area contributed by atoms with Gasteiger partial charge >= 0.3 is 0 Å². The fourth-order valence-corrected chi connectivity index (χ4v) is 2.07. The average molecular weight is 224 g/mol. The normalized spacial score (nSPS) is 10.3. The van der Waals surface area contributed by atoms with E-state index in [2.05, 4.69) is 6.92 Å². The Morgan fingerprint density at radius 2 is 1.58 bits per heavy atom. The predicted octanol–water partition coefficient (Wildman–Crippen LogP) is 4.60. The highest BCUT2D eigenvalue weighted by atomic mass is 35.5. The lowest BCUT2D eigenvalue weighted by molar-refractivity contribution is 0.922. The van der Waals surface area contributed by atoms with E-state index in [1.54, 1.807) is 12.1 Å². The number of halogens is 3. The molecule has 0 amide bonds. The smallest absolute Gasteiger partial charge is 0.0467 e. The number of hydrogen-bond donors (Lipinski definition) is 0. The maximum Gasteiger partial charge on any atom is 0.0467 e. The SMILES string of the molecule is CCCc1c(Cl)cc(Cl)cc1Cl. The molecule has 0 aliphatic carbocycles. The summed E-state index contributed by atoms with van der Waals surface area (Å²) in [5, 5.41) is 1.91. The van der Waals surface area contributed by atoms with Crippen LogP contribution in [-0.2, 0) is 6.42 Å². The molecule has 0 spiro atoms. The molecule has 1 aromatic rings. The first-order valence-electron chi connectivity index (χ1n) is 3.78. The van der Waals surface area contributed by atoms with Gasteiger partial charge in [0.1, 0.15) is 0 Å². The zero-order valence-electron chi connectivity index (χ0n) is 6.70. The van der Waals surface area contributed by atoms with Gasteiger partial charge in [-0.3, -0.25) is 0 Å². The van der Waals surface area contributed by atoms with E-state index >= 15 is 0 Å². The molecule has 0 saturated carbocycles. The molecule has 1 rings (SSSR count). The predicted molar refractivity (Wildman–Crippen MR) is 55.5 cm³/mol. The molecule has 0 heterocycles. The van der Waals surface area contributed by atoms with Gasteiger partial charge in [0.25, 0.3) is 0 Å². The van der Waals surface area contributed by atoms with Crippen LogP contribution in [0.3, 0.4) is 0 Å². The van der Waals surface area contributed by atoms with Crippen LogP contribution in [0.25, 0.3) is 0 Å². The Kier molecular flexibility index (Phi) is 3.70. The Hall–Kier alpha value is 0.0900. The van der Waals surface area contributed by atoms with E-state index in [0.29, 0.717) is 15.1 Å². The van der Waals surface area contributed by atoms with Crippen LogP contribution in [0.1, 0.15) is 18.9 Å². The summed E-state index contributed by atoms with van der Waals surface area (Å²) in [6.07, 6.45) is 1.93. The molecule has 0 aliphatic rings. The summed E-state index contributed by atoms with van der Waals surface area (Å²) in [5.41, 5.74) is 0.991. The lowest BCUT2D eigenvalue weighted by Crippen LogP contribution is -1.86. The third-order valence-corrected chi connectivity index (χ3v) is 2.50. The highest BCUT2D eigenvalue weighted by Gasteiger charge is 2.05. The Labute approximate surface area is 87.4 Å². The standard InChI is InChI=1S/C9H9Cl3/c1-2-3-7-8(11)4-6(10)5-9(7)12/h4-5H,2-3H2,1H3. The lowest BCUT2D eigenvalue weighted by Gasteiger charge is -2.05. The second kappa shape index (κ2) is 4.36. The second-order valence-electron chi connectivity index (χ2n) is 2.60. The van der Waals surface area contributed by atoms with E-state index in [4.69, 9.17) is 34.8 Å². The van der Waals surface area contributed by atoms with Crippen molar-refractivity contribution in [1.29, 1.82) is 0 Å². The van der Waals surface area contributed by atoms with Crippen molar-refractivity contribution in [2.75, 3.05) is 0 Å². The maximum atomic E-state index is 5.94. The van der Waals surface area contributed by atoms with Gasteiger partial charge in [-0.25, -0.2) is 0 Å². The van der Waals surface area contributed by atoms with Crippen LogP contribution in [0, 0.1) is 0 Å². The third kappa shape index (κ3) is 2.29. The van der Waals surface area contributed by atoms with Crippen LogP contribution in [0.2, 0.25) is 15.1 Å². The van der Waals surface area contributed by atoms with Crippen molar-refractivity contribution in [2.24, 2.45) is 0 Å². The van der Waals surface area contributed by atoms with Crippen LogP contribution in [0.15, 0.2) is 12.1 Å². The molecule has 66 valence electrons. The van der Waals surface area contributed by atoms with Gasteiger partial charge in [0, 0.05) is 15.1 Å². The molecule has 0 atom stereocenters. The highest BCUT2D eigenvalue weighted by molar-refractivity contribution is 6.39. The molecule has 0 nitrogen and oxygen atoms in total. The first-order valence-corrected chi connectivity index (χ1v) is 4.92. The highest BCUT2D eigenvalue weighted by Crippen LogP contribution is 2.29. The van der Waals surface area contributed by atoms with Crippen LogP contribution >= 0.6 is 34.8 Å². The molecule has 0 saturated heterocycles. The van der Waals surface area contributed by atoms with Crippen molar-refractivity contribution in [1.82, 2.24) is 0 Å². The molecular weight excluding hydrogens is 214 g/mol. The van der Waals surface area contributed by atoms with Crippen molar-refractivity contribution in [2.45, 2.75) is 19.8 Å². The van der Waals surface area contributed by atoms with Crippen molar-refractivity contribution in [3.63, 3.8) is 0 Å². The van der Waals surface area contributed by atoms with Gasteiger partial charge in [0.15, 0.2) is 0 Å². The van der Waals surface area contributed by atoms with Crippen molar-refractivity contribution >= 4 is 34.8 Å². The molecule has 1 aromatic carbocycles. The van der Waals surface area contributed by atoms with Crippen LogP contribution < -0.4 is 0 Å². The van der Waals surface area contributed by atoms with Crippen LogP contribution in [-0.4, -0.2) is 0 Å². The van der Waals surface area contributed by atoms with Crippen LogP contribution in [0.4, 0.5) is 0 Å². The Balaban J connectivity index is 3.10. The van der Waals surface area contributed by atoms with Gasteiger partial charge in [0.05, 0.1) is 0 Å². The Morgan fingerprint density at radius 3 is 2.00 bits per heavy atom. The van der Waals surface area contributed by atoms with Gasteiger partial charge in [-0.1, -0.05) is 48.1 Å². The average Bonchev–Trinajstić information content (AvgIpc) is 1.96. The van der Waals surface area contributed by atoms with Gasteiger partial charge < -0.3 is 0 Å². The van der Waals surface area contributed by atoms with E-state index in [1.165, 1.54) is 0 Å². The topological polar surface area (TPSA) is 0 Å². The molecular formula is C9H9Cl3. The fourth-order valence-electron chi connectivity index (χ4n) is 1.06. The molecule has 0 fully saturated rings. The first kappa shape index (κ1) is 10.2. The summed E-state index contributed by atoms with van der Waals surface area (Å²) >= 11 is 17.6. The summed E-state index contributed by atoms with van der Waals surface area (Å²) < 4.78 is 0. The zero-order chi connectivity index (χ0) is 9.14. The summed E-state index contributed by atoms with van der Waals surface area (Å²) in [6.45, 7) is 2.08. The number of hydrogen-bond acceptors (Lipinski definition) is 0. The van der Waals surface area contributed by atoms with E-state index in [9.17, 15) is 0 Å². The van der Waals surface area contributed by atoms with Gasteiger partial charge in [0.2, 0.25) is 0 Å². The second-order valence-corrected chi connectivity index (χ2v) is 3.85. The van der Waals surface area contributed by atoms with Crippen molar-refractivity contribution in [3.8, 4) is 0 Å². The summed E-state index contributed by atoms with van der Waals surface area (Å²) in [5.74, 6) is 0. The van der Waals surface area contributed by atoms with E-state index in [0.717, 1.165) is 18.4 Å². The summed E-state index contributed by atoms with van der Waals surface area (Å²) in [6, 6.07) is 3.44. The number of rotatable bonds is 2. The van der Waals surface area contributed by atoms with E-state index < -0.39 is 0 Å². The summed E-state index contributed by atoms with van der Waals surface area (Å²) in [7, 11) is 0. The Morgan fingerprint density at radius 1 is 1.08 bits per heavy atom.